The lowest BCUT2D eigenvalue weighted by Gasteiger charge is -2.34. The van der Waals surface area contributed by atoms with Crippen molar-refractivity contribution in [1.82, 2.24) is 0 Å². The number of carbonyl (C=O) groups excluding carboxylic acids is 1. The molecule has 0 bridgehead atoms. The molecule has 2 rings (SSSR count). The van der Waals surface area contributed by atoms with Gasteiger partial charge in [-0.3, -0.25) is 14.9 Å². The molecule has 0 atom stereocenters. The highest BCUT2D eigenvalue weighted by Gasteiger charge is 2.27. The van der Waals surface area contributed by atoms with E-state index in [1.165, 1.54) is 24.3 Å². The quantitative estimate of drug-likeness (QED) is 0.470. The van der Waals surface area contributed by atoms with Crippen LogP contribution in [0.4, 0.5) is 5.69 Å². The zero-order chi connectivity index (χ0) is 15.5. The number of ether oxygens (including phenoxy) is 1. The van der Waals surface area contributed by atoms with E-state index in [1.54, 1.807) is 0 Å². The minimum Gasteiger partial charge on any atom is -0.370 e. The SMILES string of the molecule is CC1(C)CCC(OCC(=O)c2ccc([N+](=O)[O-])cc2)CC1. The monoisotopic (exact) mass is 291 g/mol. The van der Waals surface area contributed by atoms with Gasteiger partial charge in [0.2, 0.25) is 0 Å². The Kier molecular flexibility index (Phi) is 4.73. The first kappa shape index (κ1) is 15.6. The normalized spacial score (nSPS) is 18.4. The molecular formula is C16H21NO4. The highest BCUT2D eigenvalue weighted by Crippen LogP contribution is 2.36. The van der Waals surface area contributed by atoms with Crippen LogP contribution in [0.25, 0.3) is 0 Å². The molecule has 114 valence electrons. The molecule has 0 aliphatic heterocycles. The van der Waals surface area contributed by atoms with E-state index in [4.69, 9.17) is 4.74 Å². The van der Waals surface area contributed by atoms with E-state index < -0.39 is 4.92 Å². The van der Waals surface area contributed by atoms with Gasteiger partial charge in [0.25, 0.3) is 5.69 Å². The number of hydrogen-bond donors (Lipinski definition) is 0. The second-order valence-electron chi connectivity index (χ2n) is 6.40. The Hall–Kier alpha value is -1.75. The molecule has 0 aromatic heterocycles. The highest BCUT2D eigenvalue weighted by molar-refractivity contribution is 5.97. The molecule has 0 unspecified atom stereocenters. The number of carbonyl (C=O) groups is 1. The predicted molar refractivity (Wildman–Crippen MR) is 79.4 cm³/mol. The number of rotatable bonds is 5. The molecule has 1 aromatic carbocycles. The van der Waals surface area contributed by atoms with Crippen LogP contribution in [0.15, 0.2) is 24.3 Å². The topological polar surface area (TPSA) is 69.4 Å². The lowest BCUT2D eigenvalue weighted by molar-refractivity contribution is -0.384. The molecule has 1 aliphatic rings. The Morgan fingerprint density at radius 2 is 1.86 bits per heavy atom. The molecule has 0 radical (unpaired) electrons. The molecular weight excluding hydrogens is 270 g/mol. The zero-order valence-electron chi connectivity index (χ0n) is 12.5. The minimum absolute atomic E-state index is 0.0121. The number of hydrogen-bond acceptors (Lipinski definition) is 4. The fourth-order valence-electron chi connectivity index (χ4n) is 2.59. The van der Waals surface area contributed by atoms with Crippen molar-refractivity contribution in [2.45, 2.75) is 45.6 Å². The van der Waals surface area contributed by atoms with Gasteiger partial charge in [0.1, 0.15) is 6.61 Å². The number of benzene rings is 1. The zero-order valence-corrected chi connectivity index (χ0v) is 12.5. The molecule has 5 nitrogen and oxygen atoms in total. The Bertz CT molecular complexity index is 512. The van der Waals surface area contributed by atoms with Crippen LogP contribution in [0.1, 0.15) is 49.9 Å². The third-order valence-corrected chi connectivity index (χ3v) is 4.14. The van der Waals surface area contributed by atoms with Crippen molar-refractivity contribution >= 4 is 11.5 Å². The lowest BCUT2D eigenvalue weighted by Crippen LogP contribution is -2.28. The van der Waals surface area contributed by atoms with Crippen molar-refractivity contribution in [3.05, 3.63) is 39.9 Å². The van der Waals surface area contributed by atoms with Gasteiger partial charge < -0.3 is 4.74 Å². The molecule has 0 spiro atoms. The standard InChI is InChI=1S/C16H21NO4/c1-16(2)9-7-14(8-10-16)21-11-15(18)12-3-5-13(6-4-12)17(19)20/h3-6,14H,7-11H2,1-2H3. The van der Waals surface area contributed by atoms with Crippen LogP contribution in [-0.2, 0) is 4.74 Å². The van der Waals surface area contributed by atoms with Gasteiger partial charge in [-0.2, -0.15) is 0 Å². The van der Waals surface area contributed by atoms with E-state index >= 15 is 0 Å². The van der Waals surface area contributed by atoms with Gasteiger partial charge in [0.15, 0.2) is 5.78 Å². The highest BCUT2D eigenvalue weighted by atomic mass is 16.6. The summed E-state index contributed by atoms with van der Waals surface area (Å²) in [6, 6.07) is 5.65. The average Bonchev–Trinajstić information content (AvgIpc) is 2.46. The fourth-order valence-corrected chi connectivity index (χ4v) is 2.59. The molecule has 0 amide bonds. The van der Waals surface area contributed by atoms with Gasteiger partial charge in [0.05, 0.1) is 11.0 Å². The minimum atomic E-state index is -0.478. The van der Waals surface area contributed by atoms with Gasteiger partial charge in [-0.15, -0.1) is 0 Å². The lowest BCUT2D eigenvalue weighted by atomic mass is 9.76. The summed E-state index contributed by atoms with van der Waals surface area (Å²) in [5.41, 5.74) is 0.820. The van der Waals surface area contributed by atoms with Crippen LogP contribution in [0.2, 0.25) is 0 Å². The van der Waals surface area contributed by atoms with Gasteiger partial charge in [-0.1, -0.05) is 13.8 Å². The number of non-ortho nitro benzene ring substituents is 1. The van der Waals surface area contributed by atoms with Gasteiger partial charge in [-0.05, 0) is 43.2 Å². The number of nitro benzene ring substituents is 1. The molecule has 0 N–H and O–H groups in total. The van der Waals surface area contributed by atoms with E-state index in [2.05, 4.69) is 13.8 Å². The summed E-state index contributed by atoms with van der Waals surface area (Å²) in [5, 5.41) is 10.6. The molecule has 5 heteroatoms. The van der Waals surface area contributed by atoms with Crippen LogP contribution in [-0.4, -0.2) is 23.4 Å². The fraction of sp³-hybridized carbons (Fsp3) is 0.562. The van der Waals surface area contributed by atoms with Crippen molar-refractivity contribution < 1.29 is 14.5 Å². The van der Waals surface area contributed by atoms with Gasteiger partial charge in [0, 0.05) is 17.7 Å². The molecule has 21 heavy (non-hydrogen) atoms. The Labute approximate surface area is 124 Å². The molecule has 1 saturated carbocycles. The number of nitro groups is 1. The van der Waals surface area contributed by atoms with E-state index in [0.717, 1.165) is 25.7 Å². The summed E-state index contributed by atoms with van der Waals surface area (Å²) in [7, 11) is 0. The maximum Gasteiger partial charge on any atom is 0.269 e. The summed E-state index contributed by atoms with van der Waals surface area (Å²) in [6.07, 6.45) is 4.36. The molecule has 1 fully saturated rings. The van der Waals surface area contributed by atoms with Crippen molar-refractivity contribution in [2.24, 2.45) is 5.41 Å². The average molecular weight is 291 g/mol. The maximum absolute atomic E-state index is 12.0. The van der Waals surface area contributed by atoms with Crippen molar-refractivity contribution in [2.75, 3.05) is 6.61 Å². The van der Waals surface area contributed by atoms with Crippen molar-refractivity contribution in [1.29, 1.82) is 0 Å². The first-order valence-corrected chi connectivity index (χ1v) is 7.27. The van der Waals surface area contributed by atoms with Crippen molar-refractivity contribution in [3.63, 3.8) is 0 Å². The van der Waals surface area contributed by atoms with Crippen LogP contribution in [0.5, 0.6) is 0 Å². The second-order valence-corrected chi connectivity index (χ2v) is 6.40. The largest absolute Gasteiger partial charge is 0.370 e. The predicted octanol–water partition coefficient (Wildman–Crippen LogP) is 3.76. The number of ketones is 1. The molecule has 0 heterocycles. The first-order valence-electron chi connectivity index (χ1n) is 7.27. The van der Waals surface area contributed by atoms with Crippen LogP contribution in [0.3, 0.4) is 0 Å². The summed E-state index contributed by atoms with van der Waals surface area (Å²) >= 11 is 0. The molecule has 1 aliphatic carbocycles. The number of Topliss-reactive ketones (excluding diaryl/α,β-unsaturated/α-hetero) is 1. The summed E-state index contributed by atoms with van der Waals surface area (Å²) in [6.45, 7) is 4.55. The van der Waals surface area contributed by atoms with Crippen LogP contribution in [0, 0.1) is 15.5 Å². The first-order chi connectivity index (χ1) is 9.87. The third kappa shape index (κ3) is 4.36. The van der Waals surface area contributed by atoms with E-state index in [-0.39, 0.29) is 24.2 Å². The molecule has 0 saturated heterocycles. The summed E-state index contributed by atoms with van der Waals surface area (Å²) < 4.78 is 5.69. The van der Waals surface area contributed by atoms with Gasteiger partial charge >= 0.3 is 0 Å². The summed E-state index contributed by atoms with van der Waals surface area (Å²) in [4.78, 5) is 22.1. The molecule has 1 aromatic rings. The second kappa shape index (κ2) is 6.35. The Balaban J connectivity index is 1.83. The van der Waals surface area contributed by atoms with E-state index in [1.807, 2.05) is 0 Å². The third-order valence-electron chi connectivity index (χ3n) is 4.14. The maximum atomic E-state index is 12.0. The van der Waals surface area contributed by atoms with Crippen molar-refractivity contribution in [3.8, 4) is 0 Å². The Morgan fingerprint density at radius 1 is 1.29 bits per heavy atom. The van der Waals surface area contributed by atoms with E-state index in [9.17, 15) is 14.9 Å². The smallest absolute Gasteiger partial charge is 0.269 e. The number of nitrogens with zero attached hydrogens (tertiary/aromatic N) is 1. The van der Waals surface area contributed by atoms with Crippen LogP contribution >= 0.6 is 0 Å². The van der Waals surface area contributed by atoms with Gasteiger partial charge in [-0.25, -0.2) is 0 Å². The van der Waals surface area contributed by atoms with Crippen LogP contribution < -0.4 is 0 Å². The Morgan fingerprint density at radius 3 is 2.38 bits per heavy atom. The summed E-state index contributed by atoms with van der Waals surface area (Å²) in [5.74, 6) is -0.130. The van der Waals surface area contributed by atoms with E-state index in [0.29, 0.717) is 11.0 Å².